The predicted molar refractivity (Wildman–Crippen MR) is 120 cm³/mol. The van der Waals surface area contributed by atoms with E-state index in [0.717, 1.165) is 25.3 Å². The Morgan fingerprint density at radius 2 is 1.61 bits per heavy atom. The molecule has 1 atom stereocenters. The zero-order valence-electron chi connectivity index (χ0n) is 18.8. The van der Waals surface area contributed by atoms with E-state index in [4.69, 9.17) is 9.47 Å². The molecule has 0 aromatic heterocycles. The first-order valence-electron chi connectivity index (χ1n) is 10.8. The molecular weight excluding hydrogens is 394 g/mol. The molecule has 0 bridgehead atoms. The first-order valence-corrected chi connectivity index (χ1v) is 10.8. The highest BCUT2D eigenvalue weighted by Gasteiger charge is 2.24. The molecule has 0 saturated carbocycles. The molecule has 1 unspecified atom stereocenters. The van der Waals surface area contributed by atoms with E-state index >= 15 is 0 Å². The second-order valence-corrected chi connectivity index (χ2v) is 7.68. The van der Waals surface area contributed by atoms with Crippen molar-refractivity contribution < 1.29 is 24.0 Å². The average Bonchev–Trinajstić information content (AvgIpc) is 2.79. The lowest BCUT2D eigenvalue weighted by atomic mass is 9.99. The van der Waals surface area contributed by atoms with Gasteiger partial charge in [0.15, 0.2) is 18.0 Å². The fourth-order valence-electron chi connectivity index (χ4n) is 4.00. The maximum absolute atomic E-state index is 12.6. The quantitative estimate of drug-likeness (QED) is 0.675. The van der Waals surface area contributed by atoms with Gasteiger partial charge in [-0.2, -0.15) is 0 Å². The second kappa shape index (κ2) is 10.3. The molecule has 1 heterocycles. The van der Waals surface area contributed by atoms with Gasteiger partial charge in [-0.1, -0.05) is 0 Å². The van der Waals surface area contributed by atoms with Gasteiger partial charge in [0, 0.05) is 36.3 Å². The molecule has 166 valence electrons. The molecule has 0 aliphatic carbocycles. The number of fused-ring (bicyclic) bond motifs is 1. The van der Waals surface area contributed by atoms with Crippen LogP contribution < -0.4 is 19.7 Å². The summed E-state index contributed by atoms with van der Waals surface area (Å²) in [6.07, 6.45) is 0.889. The Morgan fingerprint density at radius 3 is 2.19 bits per heavy atom. The van der Waals surface area contributed by atoms with Gasteiger partial charge in [-0.3, -0.25) is 9.59 Å². The number of quaternary nitrogens is 1. The summed E-state index contributed by atoms with van der Waals surface area (Å²) in [5.41, 5.74) is 3.76. The van der Waals surface area contributed by atoms with Crippen molar-refractivity contribution in [2.24, 2.45) is 0 Å². The van der Waals surface area contributed by atoms with E-state index in [1.165, 1.54) is 16.0 Å². The lowest BCUT2D eigenvalue weighted by Gasteiger charge is -2.26. The zero-order chi connectivity index (χ0) is 22.4. The Labute approximate surface area is 183 Å². The minimum atomic E-state index is -0.0400. The van der Waals surface area contributed by atoms with Gasteiger partial charge in [-0.05, 0) is 55.8 Å². The van der Waals surface area contributed by atoms with Gasteiger partial charge in [0.1, 0.15) is 6.54 Å². The van der Waals surface area contributed by atoms with Crippen LogP contribution in [0.3, 0.4) is 0 Å². The highest BCUT2D eigenvalue weighted by molar-refractivity contribution is 5.96. The molecule has 0 spiro atoms. The number of nitrogens with zero attached hydrogens (tertiary/aromatic N) is 1. The Kier molecular flexibility index (Phi) is 7.52. The third-order valence-electron chi connectivity index (χ3n) is 5.77. The van der Waals surface area contributed by atoms with E-state index < -0.39 is 0 Å². The zero-order valence-corrected chi connectivity index (χ0v) is 18.8. The number of methoxy groups -OCH3 is 2. The van der Waals surface area contributed by atoms with Crippen LogP contribution in [0.15, 0.2) is 36.4 Å². The van der Waals surface area contributed by atoms with Gasteiger partial charge in [-0.15, -0.1) is 0 Å². The summed E-state index contributed by atoms with van der Waals surface area (Å²) >= 11 is 0. The number of rotatable bonds is 8. The van der Waals surface area contributed by atoms with Gasteiger partial charge in [0.2, 0.25) is 0 Å². The van der Waals surface area contributed by atoms with Gasteiger partial charge < -0.3 is 24.6 Å². The maximum Gasteiger partial charge on any atom is 0.279 e. The predicted octanol–water partition coefficient (Wildman–Crippen LogP) is 1.77. The second-order valence-electron chi connectivity index (χ2n) is 7.68. The summed E-state index contributed by atoms with van der Waals surface area (Å²) in [7, 11) is 3.27. The van der Waals surface area contributed by atoms with Crippen LogP contribution in [0, 0.1) is 0 Å². The minimum absolute atomic E-state index is 0.00589. The van der Waals surface area contributed by atoms with E-state index in [1.54, 1.807) is 43.4 Å². The maximum atomic E-state index is 12.6. The Hall–Kier alpha value is -3.06. The van der Waals surface area contributed by atoms with Crippen LogP contribution in [0.4, 0.5) is 5.69 Å². The normalized spacial score (nSPS) is 15.0. The van der Waals surface area contributed by atoms with Crippen molar-refractivity contribution in [2.45, 2.75) is 26.8 Å². The van der Waals surface area contributed by atoms with Crippen molar-refractivity contribution >= 4 is 17.5 Å². The van der Waals surface area contributed by atoms with Gasteiger partial charge in [0.25, 0.3) is 11.8 Å². The lowest BCUT2D eigenvalue weighted by Crippen LogP contribution is -3.12. The summed E-state index contributed by atoms with van der Waals surface area (Å²) in [6, 6.07) is 11.1. The van der Waals surface area contributed by atoms with E-state index in [1.807, 2.05) is 26.0 Å². The van der Waals surface area contributed by atoms with Gasteiger partial charge in [0.05, 0.1) is 20.8 Å². The topological polar surface area (TPSA) is 72.3 Å². The SMILES string of the molecule is CCN(CC)C(=O)c1ccc(NC(=O)C[NH+]2CCc3cc(OC)c(OC)cc3C2)cc1. The summed E-state index contributed by atoms with van der Waals surface area (Å²) < 4.78 is 10.8. The Morgan fingerprint density at radius 1 is 1.00 bits per heavy atom. The monoisotopic (exact) mass is 426 g/mol. The molecule has 0 saturated heterocycles. The van der Waals surface area contributed by atoms with Gasteiger partial charge in [-0.25, -0.2) is 0 Å². The van der Waals surface area contributed by atoms with Crippen molar-refractivity contribution in [2.75, 3.05) is 45.7 Å². The number of ether oxygens (including phenoxy) is 2. The van der Waals surface area contributed by atoms with Crippen LogP contribution >= 0.6 is 0 Å². The number of hydrogen-bond acceptors (Lipinski definition) is 4. The van der Waals surface area contributed by atoms with Crippen LogP contribution in [-0.4, -0.2) is 57.1 Å². The minimum Gasteiger partial charge on any atom is -0.493 e. The van der Waals surface area contributed by atoms with E-state index in [2.05, 4.69) is 5.32 Å². The molecule has 31 heavy (non-hydrogen) atoms. The van der Waals surface area contributed by atoms with E-state index in [0.29, 0.717) is 36.6 Å². The van der Waals surface area contributed by atoms with E-state index in [-0.39, 0.29) is 11.8 Å². The van der Waals surface area contributed by atoms with Crippen LogP contribution in [0.5, 0.6) is 11.5 Å². The lowest BCUT2D eigenvalue weighted by molar-refractivity contribution is -0.907. The molecule has 2 aromatic carbocycles. The summed E-state index contributed by atoms with van der Waals surface area (Å²) in [6.45, 7) is 7.30. The van der Waals surface area contributed by atoms with Crippen molar-refractivity contribution in [3.63, 3.8) is 0 Å². The molecule has 2 amide bonds. The van der Waals surface area contributed by atoms with Gasteiger partial charge >= 0.3 is 0 Å². The number of carbonyl (C=O) groups is 2. The molecule has 0 radical (unpaired) electrons. The number of anilines is 1. The van der Waals surface area contributed by atoms with Crippen LogP contribution in [0.25, 0.3) is 0 Å². The number of hydrogen-bond donors (Lipinski definition) is 2. The molecule has 3 rings (SSSR count). The number of benzene rings is 2. The fraction of sp³-hybridized carbons (Fsp3) is 0.417. The van der Waals surface area contributed by atoms with E-state index in [9.17, 15) is 9.59 Å². The molecule has 1 aliphatic heterocycles. The first-order chi connectivity index (χ1) is 15.0. The average molecular weight is 427 g/mol. The Bertz CT molecular complexity index is 923. The highest BCUT2D eigenvalue weighted by atomic mass is 16.5. The standard InChI is InChI=1S/C24H31N3O4/c1-5-27(6-2)24(29)17-7-9-20(10-8-17)25-23(28)16-26-12-11-18-13-21(30-3)22(31-4)14-19(18)15-26/h7-10,13-14H,5-6,11-12,15-16H2,1-4H3,(H,25,28)/p+1. The molecule has 2 N–H and O–H groups in total. The smallest absolute Gasteiger partial charge is 0.279 e. The molecule has 1 aliphatic rings. The summed E-state index contributed by atoms with van der Waals surface area (Å²) in [5, 5.41) is 2.95. The van der Waals surface area contributed by atoms with Crippen LogP contribution in [0.1, 0.15) is 35.3 Å². The summed E-state index contributed by atoms with van der Waals surface area (Å²) in [5.74, 6) is 1.42. The number of amides is 2. The first kappa shape index (κ1) is 22.6. The largest absolute Gasteiger partial charge is 0.493 e. The molecule has 0 fully saturated rings. The van der Waals surface area contributed by atoms with Crippen molar-refractivity contribution in [1.29, 1.82) is 0 Å². The molecule has 7 heteroatoms. The fourth-order valence-corrected chi connectivity index (χ4v) is 4.00. The molecule has 2 aromatic rings. The third-order valence-corrected chi connectivity index (χ3v) is 5.77. The molecule has 7 nitrogen and oxygen atoms in total. The third kappa shape index (κ3) is 5.35. The highest BCUT2D eigenvalue weighted by Crippen LogP contribution is 2.31. The molecular formula is C24H32N3O4+. The van der Waals surface area contributed by atoms with Crippen molar-refractivity contribution in [1.82, 2.24) is 4.90 Å². The number of carbonyl (C=O) groups excluding carboxylic acids is 2. The van der Waals surface area contributed by atoms with Crippen molar-refractivity contribution in [3.05, 3.63) is 53.1 Å². The van der Waals surface area contributed by atoms with Crippen LogP contribution in [0.2, 0.25) is 0 Å². The summed E-state index contributed by atoms with van der Waals surface area (Å²) in [4.78, 5) is 28.0. The van der Waals surface area contributed by atoms with Crippen molar-refractivity contribution in [3.8, 4) is 11.5 Å². The Balaban J connectivity index is 1.58. The number of nitrogens with one attached hydrogen (secondary N) is 2. The van der Waals surface area contributed by atoms with Crippen LogP contribution in [-0.2, 0) is 17.8 Å².